The summed E-state index contributed by atoms with van der Waals surface area (Å²) < 4.78 is 4.91. The van der Waals surface area contributed by atoms with E-state index in [0.29, 0.717) is 12.4 Å². The molecule has 1 aromatic carbocycles. The quantitative estimate of drug-likeness (QED) is 0.632. The molecule has 0 aliphatic heterocycles. The van der Waals surface area contributed by atoms with Gasteiger partial charge in [0, 0.05) is 5.39 Å². The number of hydrogen-bond donors (Lipinski definition) is 0. The minimum Gasteiger partial charge on any atom is -0.465 e. The molecule has 0 N–H and O–H groups in total. The maximum absolute atomic E-state index is 11.3. The molecule has 2 aromatic rings. The Labute approximate surface area is 117 Å². The van der Waals surface area contributed by atoms with Gasteiger partial charge in [0.1, 0.15) is 0 Å². The Bertz CT molecular complexity index is 610. The lowest BCUT2D eigenvalue weighted by molar-refractivity contribution is -0.139. The van der Waals surface area contributed by atoms with Crippen molar-refractivity contribution in [2.45, 2.75) is 25.8 Å². The van der Waals surface area contributed by atoms with Gasteiger partial charge in [0.2, 0.25) is 0 Å². The van der Waals surface area contributed by atoms with Gasteiger partial charge in [0.05, 0.1) is 22.9 Å². The lowest BCUT2D eigenvalue weighted by Gasteiger charge is -2.07. The normalized spacial score (nSPS) is 10.7. The number of ether oxygens (including phenoxy) is 1. The molecule has 0 atom stereocenters. The molecule has 0 fully saturated rings. The summed E-state index contributed by atoms with van der Waals surface area (Å²) in [4.78, 5) is 15.9. The third-order valence-corrected chi connectivity index (χ3v) is 3.68. The number of carbonyl (C=O) groups is 1. The molecule has 0 aliphatic carbocycles. The largest absolute Gasteiger partial charge is 0.465 e. The molecule has 1 aromatic heterocycles. The standard InChI is InChI=1S/C15H17NO2S/c1-4-18-15(17)9-19-14-8-11(3)12-7-10(2)5-6-13(12)16-14/h5-8H,4,9H2,1-3H3. The van der Waals surface area contributed by atoms with Crippen LogP contribution in [0.2, 0.25) is 0 Å². The zero-order valence-corrected chi connectivity index (χ0v) is 12.2. The van der Waals surface area contributed by atoms with E-state index < -0.39 is 0 Å². The zero-order valence-electron chi connectivity index (χ0n) is 11.4. The first kappa shape index (κ1) is 13.9. The highest BCUT2D eigenvalue weighted by Gasteiger charge is 2.07. The number of esters is 1. The first-order valence-corrected chi connectivity index (χ1v) is 7.25. The molecule has 0 saturated heterocycles. The molecule has 0 amide bonds. The van der Waals surface area contributed by atoms with Crippen LogP contribution in [-0.2, 0) is 9.53 Å². The third-order valence-electron chi connectivity index (χ3n) is 2.79. The van der Waals surface area contributed by atoms with Crippen molar-refractivity contribution in [3.63, 3.8) is 0 Å². The number of rotatable bonds is 4. The lowest BCUT2D eigenvalue weighted by Crippen LogP contribution is -2.06. The van der Waals surface area contributed by atoms with E-state index in [1.54, 1.807) is 0 Å². The molecule has 3 nitrogen and oxygen atoms in total. The van der Waals surface area contributed by atoms with Gasteiger partial charge in [-0.05, 0) is 44.5 Å². The Balaban J connectivity index is 2.21. The third kappa shape index (κ3) is 3.47. The van der Waals surface area contributed by atoms with Crippen molar-refractivity contribution in [2.75, 3.05) is 12.4 Å². The molecule has 0 unspecified atom stereocenters. The Hall–Kier alpha value is -1.55. The smallest absolute Gasteiger partial charge is 0.316 e. The van der Waals surface area contributed by atoms with E-state index in [4.69, 9.17) is 4.74 Å². The molecule has 0 bridgehead atoms. The summed E-state index contributed by atoms with van der Waals surface area (Å²) in [6.07, 6.45) is 0. The fraction of sp³-hybridized carbons (Fsp3) is 0.333. The molecule has 2 rings (SSSR count). The minimum atomic E-state index is -0.198. The minimum absolute atomic E-state index is 0.198. The van der Waals surface area contributed by atoms with E-state index in [0.717, 1.165) is 10.5 Å². The molecule has 0 spiro atoms. The van der Waals surface area contributed by atoms with Crippen LogP contribution in [0.4, 0.5) is 0 Å². The van der Waals surface area contributed by atoms with Crippen molar-refractivity contribution >= 4 is 28.6 Å². The summed E-state index contributed by atoms with van der Waals surface area (Å²) in [6.45, 7) is 6.37. The number of pyridine rings is 1. The van der Waals surface area contributed by atoms with Gasteiger partial charge in [-0.25, -0.2) is 4.98 Å². The van der Waals surface area contributed by atoms with Gasteiger partial charge < -0.3 is 4.74 Å². The second kappa shape index (κ2) is 6.06. The van der Waals surface area contributed by atoms with Gasteiger partial charge in [0.25, 0.3) is 0 Å². The van der Waals surface area contributed by atoms with Crippen LogP contribution < -0.4 is 0 Å². The molecule has 0 saturated carbocycles. The van der Waals surface area contributed by atoms with E-state index in [1.165, 1.54) is 28.3 Å². The average Bonchev–Trinajstić information content (AvgIpc) is 2.38. The van der Waals surface area contributed by atoms with Crippen molar-refractivity contribution in [1.29, 1.82) is 0 Å². The molecule has 0 aliphatic rings. The molecule has 100 valence electrons. The molecule has 4 heteroatoms. The van der Waals surface area contributed by atoms with Crippen molar-refractivity contribution < 1.29 is 9.53 Å². The second-order valence-corrected chi connectivity index (χ2v) is 5.39. The van der Waals surface area contributed by atoms with E-state index in [9.17, 15) is 4.79 Å². The van der Waals surface area contributed by atoms with Crippen LogP contribution in [0.3, 0.4) is 0 Å². The number of fused-ring (bicyclic) bond motifs is 1. The number of hydrogen-bond acceptors (Lipinski definition) is 4. The van der Waals surface area contributed by atoms with E-state index in [1.807, 2.05) is 19.1 Å². The van der Waals surface area contributed by atoms with Crippen molar-refractivity contribution in [2.24, 2.45) is 0 Å². The summed E-state index contributed by atoms with van der Waals surface area (Å²) in [6, 6.07) is 8.23. The maximum Gasteiger partial charge on any atom is 0.316 e. The van der Waals surface area contributed by atoms with Crippen LogP contribution in [0, 0.1) is 13.8 Å². The monoisotopic (exact) mass is 275 g/mol. The van der Waals surface area contributed by atoms with Gasteiger partial charge in [-0.3, -0.25) is 4.79 Å². The molecule has 0 radical (unpaired) electrons. The van der Waals surface area contributed by atoms with E-state index >= 15 is 0 Å². The SMILES string of the molecule is CCOC(=O)CSc1cc(C)c2cc(C)ccc2n1. The summed E-state index contributed by atoms with van der Waals surface area (Å²) >= 11 is 1.42. The number of nitrogens with zero attached hydrogens (tertiary/aromatic N) is 1. The van der Waals surface area contributed by atoms with Gasteiger partial charge in [-0.1, -0.05) is 23.4 Å². The van der Waals surface area contributed by atoms with Gasteiger partial charge in [0.15, 0.2) is 0 Å². The van der Waals surface area contributed by atoms with E-state index in [-0.39, 0.29) is 5.97 Å². The van der Waals surface area contributed by atoms with Gasteiger partial charge in [-0.15, -0.1) is 0 Å². The molecular weight excluding hydrogens is 258 g/mol. The summed E-state index contributed by atoms with van der Waals surface area (Å²) in [5.41, 5.74) is 3.38. The highest BCUT2D eigenvalue weighted by Crippen LogP contribution is 2.24. The average molecular weight is 275 g/mol. The first-order valence-electron chi connectivity index (χ1n) is 6.26. The highest BCUT2D eigenvalue weighted by atomic mass is 32.2. The molecular formula is C15H17NO2S. The maximum atomic E-state index is 11.3. The second-order valence-electron chi connectivity index (χ2n) is 4.39. The van der Waals surface area contributed by atoms with Crippen molar-refractivity contribution in [1.82, 2.24) is 4.98 Å². The fourth-order valence-electron chi connectivity index (χ4n) is 1.89. The molecule has 1 heterocycles. The number of aryl methyl sites for hydroxylation is 2. The van der Waals surface area contributed by atoms with Gasteiger partial charge in [-0.2, -0.15) is 0 Å². The number of thioether (sulfide) groups is 1. The van der Waals surface area contributed by atoms with Crippen molar-refractivity contribution in [3.05, 3.63) is 35.4 Å². The number of benzene rings is 1. The Kier molecular flexibility index (Phi) is 4.43. The first-order chi connectivity index (χ1) is 9.10. The lowest BCUT2D eigenvalue weighted by atomic mass is 10.1. The van der Waals surface area contributed by atoms with Crippen LogP contribution in [0.15, 0.2) is 29.3 Å². The molecule has 19 heavy (non-hydrogen) atoms. The summed E-state index contributed by atoms with van der Waals surface area (Å²) in [5.74, 6) is 0.105. The summed E-state index contributed by atoms with van der Waals surface area (Å²) in [7, 11) is 0. The number of carbonyl (C=O) groups excluding carboxylic acids is 1. The van der Waals surface area contributed by atoms with Gasteiger partial charge >= 0.3 is 5.97 Å². The number of aromatic nitrogens is 1. The van der Waals surface area contributed by atoms with Crippen LogP contribution in [0.1, 0.15) is 18.1 Å². The topological polar surface area (TPSA) is 39.2 Å². The Morgan fingerprint density at radius 2 is 2.11 bits per heavy atom. The summed E-state index contributed by atoms with van der Waals surface area (Å²) in [5, 5.41) is 2.03. The predicted octanol–water partition coefficient (Wildman–Crippen LogP) is 3.51. The Morgan fingerprint density at radius 1 is 1.32 bits per heavy atom. The predicted molar refractivity (Wildman–Crippen MR) is 78.6 cm³/mol. The highest BCUT2D eigenvalue weighted by molar-refractivity contribution is 7.99. The van der Waals surface area contributed by atoms with Crippen LogP contribution >= 0.6 is 11.8 Å². The van der Waals surface area contributed by atoms with Crippen LogP contribution in [0.5, 0.6) is 0 Å². The van der Waals surface area contributed by atoms with Crippen LogP contribution in [-0.4, -0.2) is 23.3 Å². The van der Waals surface area contributed by atoms with E-state index in [2.05, 4.69) is 31.0 Å². The van der Waals surface area contributed by atoms with Crippen molar-refractivity contribution in [3.8, 4) is 0 Å². The van der Waals surface area contributed by atoms with Crippen LogP contribution in [0.25, 0.3) is 10.9 Å². The zero-order chi connectivity index (χ0) is 13.8. The Morgan fingerprint density at radius 3 is 2.84 bits per heavy atom. The fourth-order valence-corrected chi connectivity index (χ4v) is 2.66.